The maximum absolute atomic E-state index is 11.6. The quantitative estimate of drug-likeness (QED) is 0.735. The van der Waals surface area contributed by atoms with Gasteiger partial charge in [0.2, 0.25) is 0 Å². The Kier molecular flexibility index (Phi) is 4.31. The van der Waals surface area contributed by atoms with Crippen molar-refractivity contribution >= 4 is 0 Å². The predicted molar refractivity (Wildman–Crippen MR) is 95.5 cm³/mol. The third kappa shape index (κ3) is 3.35. The van der Waals surface area contributed by atoms with Crippen LogP contribution in [0.5, 0.6) is 0 Å². The molecule has 0 atom stereocenters. The van der Waals surface area contributed by atoms with E-state index in [0.717, 1.165) is 16.7 Å². The van der Waals surface area contributed by atoms with E-state index in [-0.39, 0.29) is 0 Å². The van der Waals surface area contributed by atoms with Crippen molar-refractivity contribution in [3.8, 4) is 0 Å². The summed E-state index contributed by atoms with van der Waals surface area (Å²) in [5.41, 5.74) is 4.34. The number of hydrogen-bond donors (Lipinski definition) is 1. The molecule has 0 aliphatic rings. The lowest BCUT2D eigenvalue weighted by Crippen LogP contribution is -2.30. The van der Waals surface area contributed by atoms with Crippen LogP contribution in [0.15, 0.2) is 78.9 Å². The van der Waals surface area contributed by atoms with E-state index in [1.165, 1.54) is 11.1 Å². The minimum Gasteiger partial charge on any atom is -0.380 e. The molecule has 0 aliphatic heterocycles. The highest BCUT2D eigenvalue weighted by Gasteiger charge is 2.31. The molecule has 1 nitrogen and oxygen atoms in total. The Labute approximate surface area is 138 Å². The van der Waals surface area contributed by atoms with E-state index < -0.39 is 5.60 Å². The van der Waals surface area contributed by atoms with Gasteiger partial charge in [0, 0.05) is 6.42 Å². The zero-order valence-corrected chi connectivity index (χ0v) is 13.7. The monoisotopic (exact) mass is 302 g/mol. The summed E-state index contributed by atoms with van der Waals surface area (Å²) in [6, 6.07) is 26.5. The molecule has 0 bridgehead atoms. The fourth-order valence-corrected chi connectivity index (χ4v) is 2.92. The Morgan fingerprint density at radius 3 is 1.52 bits per heavy atom. The van der Waals surface area contributed by atoms with Gasteiger partial charge in [0.1, 0.15) is 5.60 Å². The first-order chi connectivity index (χ1) is 11.1. The predicted octanol–water partition coefficient (Wildman–Crippen LogP) is 4.78. The Morgan fingerprint density at radius 2 is 1.09 bits per heavy atom. The van der Waals surface area contributed by atoms with Crippen LogP contribution in [0.2, 0.25) is 0 Å². The maximum Gasteiger partial charge on any atom is 0.119 e. The molecule has 0 spiro atoms. The van der Waals surface area contributed by atoms with Crippen LogP contribution in [0.1, 0.15) is 27.8 Å². The summed E-state index contributed by atoms with van der Waals surface area (Å²) in [6.07, 6.45) is 0.556. The lowest BCUT2D eigenvalue weighted by molar-refractivity contribution is 0.0811. The van der Waals surface area contributed by atoms with E-state index in [1.807, 2.05) is 42.5 Å². The molecular formula is C22H22O. The second-order valence-corrected chi connectivity index (χ2v) is 6.25. The summed E-state index contributed by atoms with van der Waals surface area (Å²) >= 11 is 0. The number of aryl methyl sites for hydroxylation is 2. The second kappa shape index (κ2) is 6.39. The van der Waals surface area contributed by atoms with Crippen LogP contribution in [0, 0.1) is 13.8 Å². The number of aliphatic hydroxyl groups is 1. The van der Waals surface area contributed by atoms with Gasteiger partial charge in [-0.25, -0.2) is 0 Å². The largest absolute Gasteiger partial charge is 0.380 e. The zero-order valence-electron chi connectivity index (χ0n) is 13.7. The van der Waals surface area contributed by atoms with Crippen LogP contribution < -0.4 is 0 Å². The Balaban J connectivity index is 2.08. The average Bonchev–Trinajstić information content (AvgIpc) is 2.57. The fourth-order valence-electron chi connectivity index (χ4n) is 2.92. The molecule has 1 heteroatoms. The summed E-state index contributed by atoms with van der Waals surface area (Å²) in [4.78, 5) is 0. The SMILES string of the molecule is Cc1ccc(C(O)(Cc2ccccc2)c2ccc(C)cc2)cc1. The van der Waals surface area contributed by atoms with Gasteiger partial charge in [-0.3, -0.25) is 0 Å². The third-order valence-corrected chi connectivity index (χ3v) is 4.36. The molecular weight excluding hydrogens is 280 g/mol. The van der Waals surface area contributed by atoms with Gasteiger partial charge in [-0.05, 0) is 30.5 Å². The van der Waals surface area contributed by atoms with Crippen molar-refractivity contribution in [3.63, 3.8) is 0 Å². The summed E-state index contributed by atoms with van der Waals surface area (Å²) in [5.74, 6) is 0. The molecule has 0 saturated carbocycles. The van der Waals surface area contributed by atoms with Crippen LogP contribution in [0.3, 0.4) is 0 Å². The molecule has 0 amide bonds. The summed E-state index contributed by atoms with van der Waals surface area (Å²) in [7, 11) is 0. The maximum atomic E-state index is 11.6. The van der Waals surface area contributed by atoms with Crippen LogP contribution in [-0.4, -0.2) is 5.11 Å². The number of benzene rings is 3. The zero-order chi connectivity index (χ0) is 16.3. The van der Waals surface area contributed by atoms with Crippen molar-refractivity contribution in [2.75, 3.05) is 0 Å². The van der Waals surface area contributed by atoms with Gasteiger partial charge in [-0.15, -0.1) is 0 Å². The van der Waals surface area contributed by atoms with Crippen LogP contribution >= 0.6 is 0 Å². The van der Waals surface area contributed by atoms with Crippen molar-refractivity contribution < 1.29 is 5.11 Å². The minimum atomic E-state index is -1.03. The normalized spacial score (nSPS) is 11.4. The van der Waals surface area contributed by atoms with Gasteiger partial charge in [0.15, 0.2) is 0 Å². The van der Waals surface area contributed by atoms with Crippen molar-refractivity contribution in [1.29, 1.82) is 0 Å². The lowest BCUT2D eigenvalue weighted by atomic mass is 9.81. The minimum absolute atomic E-state index is 0.556. The Bertz CT molecular complexity index is 710. The molecule has 0 aliphatic carbocycles. The van der Waals surface area contributed by atoms with Crippen LogP contribution in [0.25, 0.3) is 0 Å². The molecule has 116 valence electrons. The number of hydrogen-bond acceptors (Lipinski definition) is 1. The van der Waals surface area contributed by atoms with Gasteiger partial charge in [-0.1, -0.05) is 90.0 Å². The molecule has 0 fully saturated rings. The highest BCUT2D eigenvalue weighted by Crippen LogP contribution is 2.33. The molecule has 23 heavy (non-hydrogen) atoms. The fraction of sp³-hybridized carbons (Fsp3) is 0.182. The highest BCUT2D eigenvalue weighted by atomic mass is 16.3. The molecule has 0 unspecified atom stereocenters. The van der Waals surface area contributed by atoms with E-state index in [2.05, 4.69) is 50.2 Å². The van der Waals surface area contributed by atoms with Crippen molar-refractivity contribution in [2.24, 2.45) is 0 Å². The Hall–Kier alpha value is -2.38. The molecule has 0 aromatic heterocycles. The van der Waals surface area contributed by atoms with Gasteiger partial charge in [0.25, 0.3) is 0 Å². The molecule has 3 rings (SSSR count). The summed E-state index contributed by atoms with van der Waals surface area (Å²) < 4.78 is 0. The van der Waals surface area contributed by atoms with Crippen molar-refractivity contribution in [3.05, 3.63) is 107 Å². The first-order valence-electron chi connectivity index (χ1n) is 7.98. The third-order valence-electron chi connectivity index (χ3n) is 4.36. The summed E-state index contributed by atoms with van der Waals surface area (Å²) in [5, 5.41) is 11.6. The second-order valence-electron chi connectivity index (χ2n) is 6.25. The summed E-state index contributed by atoms with van der Waals surface area (Å²) in [6.45, 7) is 4.12. The lowest BCUT2D eigenvalue weighted by Gasteiger charge is -2.30. The van der Waals surface area contributed by atoms with Gasteiger partial charge < -0.3 is 5.11 Å². The topological polar surface area (TPSA) is 20.2 Å². The van der Waals surface area contributed by atoms with E-state index in [4.69, 9.17) is 0 Å². The van der Waals surface area contributed by atoms with E-state index in [1.54, 1.807) is 0 Å². The highest BCUT2D eigenvalue weighted by molar-refractivity contribution is 5.40. The van der Waals surface area contributed by atoms with Crippen molar-refractivity contribution in [1.82, 2.24) is 0 Å². The molecule has 3 aromatic rings. The van der Waals surface area contributed by atoms with Gasteiger partial charge in [-0.2, -0.15) is 0 Å². The van der Waals surface area contributed by atoms with E-state index >= 15 is 0 Å². The first-order valence-corrected chi connectivity index (χ1v) is 7.98. The smallest absolute Gasteiger partial charge is 0.119 e. The number of rotatable bonds is 4. The van der Waals surface area contributed by atoms with E-state index in [9.17, 15) is 5.11 Å². The van der Waals surface area contributed by atoms with E-state index in [0.29, 0.717) is 6.42 Å². The first kappa shape index (κ1) is 15.5. The van der Waals surface area contributed by atoms with Gasteiger partial charge in [0.05, 0.1) is 0 Å². The molecule has 0 heterocycles. The average molecular weight is 302 g/mol. The van der Waals surface area contributed by atoms with Crippen LogP contribution in [0.4, 0.5) is 0 Å². The molecule has 1 N–H and O–H groups in total. The molecule has 3 aromatic carbocycles. The molecule has 0 saturated heterocycles. The standard InChI is InChI=1S/C22H22O/c1-17-8-12-20(13-9-17)22(23,16-19-6-4-3-5-7-19)21-14-10-18(2)11-15-21/h3-15,23H,16H2,1-2H3. The van der Waals surface area contributed by atoms with Crippen LogP contribution in [-0.2, 0) is 12.0 Å². The van der Waals surface area contributed by atoms with Gasteiger partial charge >= 0.3 is 0 Å². The molecule has 0 radical (unpaired) electrons. The van der Waals surface area contributed by atoms with Crippen molar-refractivity contribution in [2.45, 2.75) is 25.9 Å². The Morgan fingerprint density at radius 1 is 0.652 bits per heavy atom.